The Balaban J connectivity index is 2.07. The number of anilines is 2. The van der Waals surface area contributed by atoms with Crippen molar-refractivity contribution in [3.8, 4) is 0 Å². The fraction of sp³-hybridized carbons (Fsp3) is 0.133. The number of nitrogens with one attached hydrogen (secondary N) is 2. The van der Waals surface area contributed by atoms with Gasteiger partial charge in [-0.25, -0.2) is 4.39 Å². The van der Waals surface area contributed by atoms with Crippen LogP contribution in [0.2, 0.25) is 5.02 Å². The number of benzene rings is 2. The molecule has 2 nitrogen and oxygen atoms in total. The molecule has 2 aromatic rings. The molecule has 2 rings (SSSR count). The highest BCUT2D eigenvalue weighted by Gasteiger charge is 2.05. The van der Waals surface area contributed by atoms with Crippen molar-refractivity contribution >= 4 is 40.3 Å². The summed E-state index contributed by atoms with van der Waals surface area (Å²) in [6, 6.07) is 10.1. The first-order valence-corrected chi connectivity index (χ1v) is 6.84. The first-order valence-electron chi connectivity index (χ1n) is 6.06. The quantitative estimate of drug-likeness (QED) is 0.771. The normalized spacial score (nSPS) is 10.2. The Bertz CT molecular complexity index is 658. The van der Waals surface area contributed by atoms with E-state index < -0.39 is 0 Å². The molecule has 0 aliphatic carbocycles. The minimum Gasteiger partial charge on any atom is -0.332 e. The summed E-state index contributed by atoms with van der Waals surface area (Å²) in [6.07, 6.45) is 0. The van der Waals surface area contributed by atoms with Gasteiger partial charge < -0.3 is 10.6 Å². The van der Waals surface area contributed by atoms with Crippen molar-refractivity contribution in [2.45, 2.75) is 13.8 Å². The standard InChI is InChI=1S/C15H14ClFN2S/c1-9-3-5-12(7-10(9)2)18-15(20)19-14-6-4-11(17)8-13(14)16/h3-8H,1-2H3,(H2,18,19,20). The van der Waals surface area contributed by atoms with Gasteiger partial charge in [0.15, 0.2) is 5.11 Å². The van der Waals surface area contributed by atoms with Gasteiger partial charge >= 0.3 is 0 Å². The van der Waals surface area contributed by atoms with Crippen LogP contribution < -0.4 is 10.6 Å². The van der Waals surface area contributed by atoms with E-state index in [4.69, 9.17) is 23.8 Å². The lowest BCUT2D eigenvalue weighted by Crippen LogP contribution is -2.19. The lowest BCUT2D eigenvalue weighted by Gasteiger charge is -2.12. The monoisotopic (exact) mass is 308 g/mol. The van der Waals surface area contributed by atoms with Gasteiger partial charge in [0, 0.05) is 5.69 Å². The highest BCUT2D eigenvalue weighted by atomic mass is 35.5. The topological polar surface area (TPSA) is 24.1 Å². The third kappa shape index (κ3) is 3.68. The maximum Gasteiger partial charge on any atom is 0.175 e. The Morgan fingerprint density at radius 3 is 2.45 bits per heavy atom. The Morgan fingerprint density at radius 1 is 1.05 bits per heavy atom. The third-order valence-electron chi connectivity index (χ3n) is 2.94. The molecule has 104 valence electrons. The first kappa shape index (κ1) is 14.8. The van der Waals surface area contributed by atoms with E-state index >= 15 is 0 Å². The zero-order valence-electron chi connectivity index (χ0n) is 11.1. The predicted molar refractivity (Wildman–Crippen MR) is 87.2 cm³/mol. The lowest BCUT2D eigenvalue weighted by molar-refractivity contribution is 0.628. The Hall–Kier alpha value is -1.65. The van der Waals surface area contributed by atoms with Crippen molar-refractivity contribution in [3.63, 3.8) is 0 Å². The Labute approximate surface area is 128 Å². The van der Waals surface area contributed by atoms with Gasteiger partial charge in [0.2, 0.25) is 0 Å². The van der Waals surface area contributed by atoms with Crippen molar-refractivity contribution in [2.75, 3.05) is 10.6 Å². The van der Waals surface area contributed by atoms with Crippen LogP contribution in [0.5, 0.6) is 0 Å². The Morgan fingerprint density at radius 2 is 1.80 bits per heavy atom. The maximum absolute atomic E-state index is 13.0. The second kappa shape index (κ2) is 6.20. The average Bonchev–Trinajstić information content (AvgIpc) is 2.37. The van der Waals surface area contributed by atoms with Crippen LogP contribution in [0, 0.1) is 19.7 Å². The molecule has 0 aliphatic rings. The number of hydrogen-bond acceptors (Lipinski definition) is 1. The van der Waals surface area contributed by atoms with Gasteiger partial charge in [-0.1, -0.05) is 17.7 Å². The number of aryl methyl sites for hydroxylation is 2. The fourth-order valence-electron chi connectivity index (χ4n) is 1.69. The van der Waals surface area contributed by atoms with Crippen LogP contribution in [0.4, 0.5) is 15.8 Å². The number of rotatable bonds is 2. The summed E-state index contributed by atoms with van der Waals surface area (Å²) < 4.78 is 13.0. The van der Waals surface area contributed by atoms with Crippen LogP contribution in [-0.4, -0.2) is 5.11 Å². The van der Waals surface area contributed by atoms with Crippen LogP contribution in [0.3, 0.4) is 0 Å². The highest BCUT2D eigenvalue weighted by molar-refractivity contribution is 7.80. The summed E-state index contributed by atoms with van der Waals surface area (Å²) in [5.74, 6) is -0.381. The van der Waals surface area contributed by atoms with E-state index in [1.807, 2.05) is 32.0 Å². The smallest absolute Gasteiger partial charge is 0.175 e. The average molecular weight is 309 g/mol. The summed E-state index contributed by atoms with van der Waals surface area (Å²) in [5, 5.41) is 6.70. The van der Waals surface area contributed by atoms with Crippen LogP contribution in [0.15, 0.2) is 36.4 Å². The summed E-state index contributed by atoms with van der Waals surface area (Å²) in [5.41, 5.74) is 3.85. The van der Waals surface area contributed by atoms with E-state index in [0.29, 0.717) is 10.8 Å². The van der Waals surface area contributed by atoms with E-state index in [-0.39, 0.29) is 10.8 Å². The molecule has 0 fully saturated rings. The maximum atomic E-state index is 13.0. The molecule has 0 aliphatic heterocycles. The molecule has 2 aromatic carbocycles. The minimum atomic E-state index is -0.381. The van der Waals surface area contributed by atoms with Gasteiger partial charge in [0.05, 0.1) is 10.7 Å². The summed E-state index contributed by atoms with van der Waals surface area (Å²) in [6.45, 7) is 4.09. The van der Waals surface area contributed by atoms with Crippen LogP contribution in [-0.2, 0) is 0 Å². The third-order valence-corrected chi connectivity index (χ3v) is 3.46. The molecule has 0 heterocycles. The van der Waals surface area contributed by atoms with Crippen molar-refractivity contribution in [2.24, 2.45) is 0 Å². The van der Waals surface area contributed by atoms with Gasteiger partial charge in [-0.15, -0.1) is 0 Å². The highest BCUT2D eigenvalue weighted by Crippen LogP contribution is 2.23. The SMILES string of the molecule is Cc1ccc(NC(=S)Nc2ccc(F)cc2Cl)cc1C. The van der Waals surface area contributed by atoms with Gasteiger partial charge in [0.1, 0.15) is 5.82 Å². The molecule has 2 N–H and O–H groups in total. The number of thiocarbonyl (C=S) groups is 1. The van der Waals surface area contributed by atoms with Crippen LogP contribution in [0.25, 0.3) is 0 Å². The van der Waals surface area contributed by atoms with Crippen molar-refractivity contribution in [1.82, 2.24) is 0 Å². The molecule has 0 radical (unpaired) electrons. The van der Waals surface area contributed by atoms with Crippen LogP contribution >= 0.6 is 23.8 Å². The molecule has 5 heteroatoms. The van der Waals surface area contributed by atoms with Gasteiger partial charge in [0.25, 0.3) is 0 Å². The van der Waals surface area contributed by atoms with E-state index in [2.05, 4.69) is 10.6 Å². The molecule has 0 unspecified atom stereocenters. The molecule has 0 atom stereocenters. The van der Waals surface area contributed by atoms with E-state index in [0.717, 1.165) is 5.69 Å². The predicted octanol–water partition coefficient (Wildman–Crippen LogP) is 4.90. The second-order valence-corrected chi connectivity index (χ2v) is 5.32. The van der Waals surface area contributed by atoms with Gasteiger partial charge in [-0.3, -0.25) is 0 Å². The molecular weight excluding hydrogens is 295 g/mol. The molecule has 0 saturated heterocycles. The first-order chi connectivity index (χ1) is 9.45. The molecule has 20 heavy (non-hydrogen) atoms. The van der Waals surface area contributed by atoms with Gasteiger partial charge in [-0.2, -0.15) is 0 Å². The zero-order chi connectivity index (χ0) is 14.7. The summed E-state index contributed by atoms with van der Waals surface area (Å²) in [7, 11) is 0. The van der Waals surface area contributed by atoms with E-state index in [1.165, 1.54) is 23.3 Å². The van der Waals surface area contributed by atoms with Crippen molar-refractivity contribution in [3.05, 3.63) is 58.4 Å². The van der Waals surface area contributed by atoms with Gasteiger partial charge in [-0.05, 0) is 67.5 Å². The number of halogens is 2. The molecule has 0 spiro atoms. The van der Waals surface area contributed by atoms with E-state index in [1.54, 1.807) is 6.07 Å². The van der Waals surface area contributed by atoms with Crippen molar-refractivity contribution in [1.29, 1.82) is 0 Å². The largest absolute Gasteiger partial charge is 0.332 e. The van der Waals surface area contributed by atoms with Crippen LogP contribution in [0.1, 0.15) is 11.1 Å². The second-order valence-electron chi connectivity index (χ2n) is 4.50. The van der Waals surface area contributed by atoms with E-state index in [9.17, 15) is 4.39 Å². The zero-order valence-corrected chi connectivity index (χ0v) is 12.7. The summed E-state index contributed by atoms with van der Waals surface area (Å²) in [4.78, 5) is 0. The lowest BCUT2D eigenvalue weighted by atomic mass is 10.1. The fourth-order valence-corrected chi connectivity index (χ4v) is 2.14. The Kier molecular flexibility index (Phi) is 4.57. The molecule has 0 amide bonds. The minimum absolute atomic E-state index is 0.286. The molecule has 0 bridgehead atoms. The molecule has 0 aromatic heterocycles. The molecular formula is C15H14ClFN2S. The van der Waals surface area contributed by atoms with Crippen molar-refractivity contribution < 1.29 is 4.39 Å². The summed E-state index contributed by atoms with van der Waals surface area (Å²) >= 11 is 11.1. The number of hydrogen-bond donors (Lipinski definition) is 2. The molecule has 0 saturated carbocycles.